The lowest BCUT2D eigenvalue weighted by Gasteiger charge is -2.30. The molecule has 1 aliphatic heterocycles. The van der Waals surface area contributed by atoms with Gasteiger partial charge in [0.15, 0.2) is 5.82 Å². The lowest BCUT2D eigenvalue weighted by Crippen LogP contribution is -2.43. The molecule has 2 heterocycles. The minimum absolute atomic E-state index is 0.0613. The molecule has 0 bridgehead atoms. The zero-order valence-corrected chi connectivity index (χ0v) is 19.4. The van der Waals surface area contributed by atoms with Crippen molar-refractivity contribution in [2.24, 2.45) is 5.92 Å². The monoisotopic (exact) mass is 489 g/mol. The highest BCUT2D eigenvalue weighted by molar-refractivity contribution is 7.99. The molecule has 8 nitrogen and oxygen atoms in total. The largest absolute Gasteiger partial charge is 0.355 e. The Morgan fingerprint density at radius 2 is 1.82 bits per heavy atom. The van der Waals surface area contributed by atoms with Gasteiger partial charge in [-0.15, -0.1) is 5.10 Å². The molecule has 4 rings (SSSR count). The van der Waals surface area contributed by atoms with Crippen molar-refractivity contribution in [3.63, 3.8) is 0 Å². The molecule has 0 unspecified atom stereocenters. The van der Waals surface area contributed by atoms with E-state index in [-0.39, 0.29) is 29.8 Å². The van der Waals surface area contributed by atoms with E-state index in [0.717, 1.165) is 17.7 Å². The van der Waals surface area contributed by atoms with Gasteiger partial charge in [0.25, 0.3) is 0 Å². The first-order valence-electron chi connectivity index (χ1n) is 10.6. The van der Waals surface area contributed by atoms with E-state index in [0.29, 0.717) is 36.1 Å². The molecule has 3 aromatic rings. The van der Waals surface area contributed by atoms with Crippen molar-refractivity contribution < 1.29 is 17.6 Å². The fourth-order valence-corrected chi connectivity index (χ4v) is 5.73. The Morgan fingerprint density at radius 1 is 1.12 bits per heavy atom. The summed E-state index contributed by atoms with van der Waals surface area (Å²) < 4.78 is 39.8. The standard InChI is InChI=1S/C22H24FN5O3S2/c23-18-6-8-19(9-7-18)33(30,31)28-13-10-17(11-14-28)21(29)24-12-15-32-22-25-20(26-27-22)16-4-2-1-3-5-16/h1-9,17H,10-15H2,(H,24,29)(H,25,26,27). The van der Waals surface area contributed by atoms with Gasteiger partial charge in [-0.2, -0.15) is 4.31 Å². The minimum atomic E-state index is -3.68. The number of halogens is 1. The van der Waals surface area contributed by atoms with Gasteiger partial charge in [-0.1, -0.05) is 42.1 Å². The highest BCUT2D eigenvalue weighted by Crippen LogP contribution is 2.24. The lowest BCUT2D eigenvalue weighted by molar-refractivity contribution is -0.125. The van der Waals surface area contributed by atoms with E-state index >= 15 is 0 Å². The number of benzene rings is 2. The zero-order chi connectivity index (χ0) is 23.3. The van der Waals surface area contributed by atoms with Crippen LogP contribution in [0.15, 0.2) is 64.6 Å². The van der Waals surface area contributed by atoms with Crippen LogP contribution in [-0.2, 0) is 14.8 Å². The molecule has 1 amide bonds. The third kappa shape index (κ3) is 5.79. The normalized spacial score (nSPS) is 15.4. The molecule has 33 heavy (non-hydrogen) atoms. The van der Waals surface area contributed by atoms with Crippen molar-refractivity contribution in [1.82, 2.24) is 24.8 Å². The second-order valence-corrected chi connectivity index (χ2v) is 10.6. The number of amides is 1. The van der Waals surface area contributed by atoms with Gasteiger partial charge in [0.2, 0.25) is 21.1 Å². The average molecular weight is 490 g/mol. The molecule has 2 N–H and O–H groups in total. The summed E-state index contributed by atoms with van der Waals surface area (Å²) in [5, 5.41) is 10.6. The summed E-state index contributed by atoms with van der Waals surface area (Å²) in [4.78, 5) is 17.0. The van der Waals surface area contributed by atoms with Crippen LogP contribution < -0.4 is 5.32 Å². The van der Waals surface area contributed by atoms with Crippen LogP contribution >= 0.6 is 11.8 Å². The maximum atomic E-state index is 13.1. The van der Waals surface area contributed by atoms with Crippen molar-refractivity contribution in [2.45, 2.75) is 22.9 Å². The molecule has 1 saturated heterocycles. The van der Waals surface area contributed by atoms with E-state index in [2.05, 4.69) is 20.5 Å². The number of rotatable bonds is 8. The molecule has 174 valence electrons. The highest BCUT2D eigenvalue weighted by Gasteiger charge is 2.32. The number of aromatic amines is 1. The first-order chi connectivity index (χ1) is 15.9. The number of hydrogen-bond donors (Lipinski definition) is 2. The van der Waals surface area contributed by atoms with Gasteiger partial charge >= 0.3 is 0 Å². The molecule has 0 spiro atoms. The van der Waals surface area contributed by atoms with E-state index < -0.39 is 15.8 Å². The predicted octanol–water partition coefficient (Wildman–Crippen LogP) is 2.92. The van der Waals surface area contributed by atoms with Crippen LogP contribution in [0.4, 0.5) is 4.39 Å². The summed E-state index contributed by atoms with van der Waals surface area (Å²) in [7, 11) is -3.68. The molecular weight excluding hydrogens is 465 g/mol. The van der Waals surface area contributed by atoms with Crippen molar-refractivity contribution in [1.29, 1.82) is 0 Å². The molecule has 0 atom stereocenters. The predicted molar refractivity (Wildman–Crippen MR) is 123 cm³/mol. The highest BCUT2D eigenvalue weighted by atomic mass is 32.2. The number of carbonyl (C=O) groups excluding carboxylic acids is 1. The first-order valence-corrected chi connectivity index (χ1v) is 13.0. The number of hydrogen-bond acceptors (Lipinski definition) is 6. The number of piperidine rings is 1. The summed E-state index contributed by atoms with van der Waals surface area (Å²) in [5.41, 5.74) is 0.956. The second-order valence-electron chi connectivity index (χ2n) is 7.60. The quantitative estimate of drug-likeness (QED) is 0.372. The maximum Gasteiger partial charge on any atom is 0.243 e. The van der Waals surface area contributed by atoms with Crippen molar-refractivity contribution >= 4 is 27.7 Å². The summed E-state index contributed by atoms with van der Waals surface area (Å²) in [6.45, 7) is 0.977. The van der Waals surface area contributed by atoms with Crippen LogP contribution in [0.2, 0.25) is 0 Å². The molecule has 0 aliphatic carbocycles. The van der Waals surface area contributed by atoms with E-state index in [1.54, 1.807) is 0 Å². The Balaban J connectivity index is 1.20. The topological polar surface area (TPSA) is 108 Å². The molecular formula is C22H24FN5O3S2. The zero-order valence-electron chi connectivity index (χ0n) is 17.8. The van der Waals surface area contributed by atoms with Gasteiger partial charge < -0.3 is 5.32 Å². The molecule has 0 saturated carbocycles. The summed E-state index contributed by atoms with van der Waals surface area (Å²) in [6, 6.07) is 14.5. The van der Waals surface area contributed by atoms with Crippen LogP contribution in [0, 0.1) is 11.7 Å². The minimum Gasteiger partial charge on any atom is -0.355 e. The van der Waals surface area contributed by atoms with Crippen LogP contribution in [-0.4, -0.2) is 59.2 Å². The van der Waals surface area contributed by atoms with Gasteiger partial charge in [0.1, 0.15) is 5.82 Å². The smallest absolute Gasteiger partial charge is 0.243 e. The fraction of sp³-hybridized carbons (Fsp3) is 0.318. The van der Waals surface area contributed by atoms with Crippen molar-refractivity contribution in [3.8, 4) is 11.4 Å². The second kappa shape index (κ2) is 10.4. The molecule has 2 aromatic carbocycles. The summed E-state index contributed by atoms with van der Waals surface area (Å²) in [6.07, 6.45) is 0.890. The summed E-state index contributed by atoms with van der Waals surface area (Å²) in [5.74, 6) is 0.527. The van der Waals surface area contributed by atoms with Gasteiger partial charge in [0.05, 0.1) is 4.90 Å². The van der Waals surface area contributed by atoms with Crippen LogP contribution in [0.3, 0.4) is 0 Å². The molecule has 0 radical (unpaired) electrons. The number of nitrogens with one attached hydrogen (secondary N) is 2. The maximum absolute atomic E-state index is 13.1. The third-order valence-electron chi connectivity index (χ3n) is 5.42. The van der Waals surface area contributed by atoms with E-state index in [1.807, 2.05) is 30.3 Å². The Morgan fingerprint density at radius 3 is 2.52 bits per heavy atom. The van der Waals surface area contributed by atoms with Gasteiger partial charge in [0, 0.05) is 36.9 Å². The Kier molecular flexibility index (Phi) is 7.41. The number of H-pyrrole nitrogens is 1. The molecule has 11 heteroatoms. The van der Waals surface area contributed by atoms with E-state index in [9.17, 15) is 17.6 Å². The van der Waals surface area contributed by atoms with E-state index in [1.165, 1.54) is 28.2 Å². The van der Waals surface area contributed by atoms with Gasteiger partial charge in [-0.05, 0) is 37.1 Å². The lowest BCUT2D eigenvalue weighted by atomic mass is 9.97. The van der Waals surface area contributed by atoms with Gasteiger partial charge in [-0.3, -0.25) is 9.89 Å². The number of nitrogens with zero attached hydrogens (tertiary/aromatic N) is 3. The Labute approximate surface area is 196 Å². The summed E-state index contributed by atoms with van der Waals surface area (Å²) >= 11 is 1.44. The molecule has 1 fully saturated rings. The Bertz CT molecular complexity index is 1180. The van der Waals surface area contributed by atoms with Crippen LogP contribution in [0.1, 0.15) is 12.8 Å². The number of sulfonamides is 1. The third-order valence-corrected chi connectivity index (χ3v) is 8.18. The van der Waals surface area contributed by atoms with Crippen molar-refractivity contribution in [2.75, 3.05) is 25.4 Å². The SMILES string of the molecule is O=C(NCCSc1n[nH]c(-c2ccccc2)n1)C1CCN(S(=O)(=O)c2ccc(F)cc2)CC1. The van der Waals surface area contributed by atoms with Crippen LogP contribution in [0.5, 0.6) is 0 Å². The fourth-order valence-electron chi connectivity index (χ4n) is 3.61. The van der Waals surface area contributed by atoms with Gasteiger partial charge in [-0.25, -0.2) is 17.8 Å². The molecule has 1 aromatic heterocycles. The number of aromatic nitrogens is 3. The number of thioether (sulfide) groups is 1. The van der Waals surface area contributed by atoms with Crippen LogP contribution in [0.25, 0.3) is 11.4 Å². The Hall–Kier alpha value is -2.76. The average Bonchev–Trinajstić information content (AvgIpc) is 3.32. The van der Waals surface area contributed by atoms with E-state index in [4.69, 9.17) is 0 Å². The molecule has 1 aliphatic rings. The first kappa shape index (κ1) is 23.4. The number of carbonyl (C=O) groups is 1. The van der Waals surface area contributed by atoms with Crippen molar-refractivity contribution in [3.05, 3.63) is 60.4 Å².